The number of aliphatic hydroxyl groups excluding tert-OH is 1. The molecule has 2 unspecified atom stereocenters. The minimum absolute atomic E-state index is 0.114. The van der Waals surface area contributed by atoms with Crippen molar-refractivity contribution in [1.29, 1.82) is 0 Å². The molecule has 8 heteroatoms. The van der Waals surface area contributed by atoms with Crippen molar-refractivity contribution in [3.63, 3.8) is 0 Å². The van der Waals surface area contributed by atoms with Gasteiger partial charge in [0, 0.05) is 49.9 Å². The van der Waals surface area contributed by atoms with E-state index in [0.717, 1.165) is 0 Å². The average Bonchev–Trinajstić information content (AvgIpc) is 3.15. The summed E-state index contributed by atoms with van der Waals surface area (Å²) in [5.41, 5.74) is 1.62. The van der Waals surface area contributed by atoms with Crippen molar-refractivity contribution in [2.75, 3.05) is 13.1 Å². The molecule has 5 heterocycles. The fraction of sp³-hybridized carbons (Fsp3) is 0.238. The van der Waals surface area contributed by atoms with Crippen LogP contribution in [0.3, 0.4) is 0 Å². The van der Waals surface area contributed by atoms with Gasteiger partial charge in [0.2, 0.25) is 0 Å². The van der Waals surface area contributed by atoms with Gasteiger partial charge in [0.05, 0.1) is 22.0 Å². The van der Waals surface area contributed by atoms with Gasteiger partial charge >= 0.3 is 0 Å². The maximum absolute atomic E-state index is 13.4. The molecule has 0 radical (unpaired) electrons. The van der Waals surface area contributed by atoms with E-state index in [1.54, 1.807) is 54.0 Å². The first-order chi connectivity index (χ1) is 14.1. The largest absolute Gasteiger partial charge is 0.374 e. The molecule has 2 aliphatic rings. The summed E-state index contributed by atoms with van der Waals surface area (Å²) in [5, 5.41) is 11.8. The Labute approximate surface area is 172 Å². The van der Waals surface area contributed by atoms with Gasteiger partial charge in [0.15, 0.2) is 0 Å². The van der Waals surface area contributed by atoms with Gasteiger partial charge in [-0.15, -0.1) is 0 Å². The SMILES string of the molecule is O=C1c2cccnc2CC2(c3ccc(Cl)cn3)N1CCN2C(O)c1cccnc1. The summed E-state index contributed by atoms with van der Waals surface area (Å²) in [7, 11) is 0. The number of carbonyl (C=O) groups excluding carboxylic acids is 1. The molecule has 1 saturated heterocycles. The summed E-state index contributed by atoms with van der Waals surface area (Å²) in [5.74, 6) is -0.114. The van der Waals surface area contributed by atoms with E-state index in [0.29, 0.717) is 47.0 Å². The van der Waals surface area contributed by atoms with Crippen molar-refractivity contribution in [1.82, 2.24) is 24.8 Å². The van der Waals surface area contributed by atoms with E-state index in [9.17, 15) is 9.90 Å². The van der Waals surface area contributed by atoms with Gasteiger partial charge in [-0.2, -0.15) is 0 Å². The summed E-state index contributed by atoms with van der Waals surface area (Å²) < 4.78 is 0. The lowest BCUT2D eigenvalue weighted by molar-refractivity contribution is -0.0934. The lowest BCUT2D eigenvalue weighted by atomic mass is 9.88. The van der Waals surface area contributed by atoms with Crippen molar-refractivity contribution in [3.05, 3.63) is 88.7 Å². The Kier molecular flexibility index (Phi) is 4.31. The number of fused-ring (bicyclic) bond motifs is 2. The number of halogens is 1. The third kappa shape index (κ3) is 2.73. The van der Waals surface area contributed by atoms with Crippen molar-refractivity contribution < 1.29 is 9.90 Å². The molecule has 1 N–H and O–H groups in total. The lowest BCUT2D eigenvalue weighted by Gasteiger charge is -2.47. The van der Waals surface area contributed by atoms with Crippen LogP contribution in [0.4, 0.5) is 0 Å². The predicted octanol–water partition coefficient (Wildman–Crippen LogP) is 2.38. The molecule has 0 bridgehead atoms. The molecule has 3 aromatic rings. The summed E-state index contributed by atoms with van der Waals surface area (Å²) in [6, 6.07) is 10.7. The molecule has 146 valence electrons. The fourth-order valence-corrected chi connectivity index (χ4v) is 4.49. The second-order valence-corrected chi connectivity index (χ2v) is 7.60. The van der Waals surface area contributed by atoms with Crippen molar-refractivity contribution in [2.24, 2.45) is 0 Å². The van der Waals surface area contributed by atoms with Gasteiger partial charge < -0.3 is 10.0 Å². The lowest BCUT2D eigenvalue weighted by Crippen LogP contribution is -2.58. The zero-order valence-electron chi connectivity index (χ0n) is 15.4. The van der Waals surface area contributed by atoms with Gasteiger partial charge in [-0.25, -0.2) is 4.90 Å². The first-order valence-electron chi connectivity index (χ1n) is 9.34. The zero-order valence-corrected chi connectivity index (χ0v) is 16.2. The summed E-state index contributed by atoms with van der Waals surface area (Å²) in [4.78, 5) is 30.2. The first-order valence-corrected chi connectivity index (χ1v) is 9.72. The molecule has 0 aromatic carbocycles. The zero-order chi connectivity index (χ0) is 20.0. The van der Waals surface area contributed by atoms with E-state index in [4.69, 9.17) is 11.6 Å². The van der Waals surface area contributed by atoms with Crippen LogP contribution in [0.2, 0.25) is 5.02 Å². The Morgan fingerprint density at radius 3 is 2.69 bits per heavy atom. The number of carbonyl (C=O) groups is 1. The number of amides is 1. The van der Waals surface area contributed by atoms with E-state index in [-0.39, 0.29) is 5.91 Å². The maximum atomic E-state index is 13.4. The van der Waals surface area contributed by atoms with Crippen LogP contribution in [0.15, 0.2) is 61.2 Å². The highest BCUT2D eigenvalue weighted by Gasteiger charge is 2.57. The quantitative estimate of drug-likeness (QED) is 0.717. The standard InChI is InChI=1S/C21H18ClN5O2/c22-15-5-6-18(25-13-15)21-11-17-16(4-2-8-24-17)20(29)27(21)10-9-26(21)19(28)14-3-1-7-23-12-14/h1-8,12-13,19,28H,9-11H2. The van der Waals surface area contributed by atoms with Crippen molar-refractivity contribution in [3.8, 4) is 0 Å². The normalized spacial score (nSPS) is 22.3. The summed E-state index contributed by atoms with van der Waals surface area (Å²) in [6.07, 6.45) is 6.00. The molecular weight excluding hydrogens is 390 g/mol. The topological polar surface area (TPSA) is 82.5 Å². The highest BCUT2D eigenvalue weighted by Crippen LogP contribution is 2.46. The molecule has 29 heavy (non-hydrogen) atoms. The third-order valence-corrected chi connectivity index (χ3v) is 5.90. The third-order valence-electron chi connectivity index (χ3n) is 5.68. The Morgan fingerprint density at radius 2 is 1.93 bits per heavy atom. The van der Waals surface area contributed by atoms with Crippen LogP contribution >= 0.6 is 11.6 Å². The van der Waals surface area contributed by atoms with Gasteiger partial charge in [-0.05, 0) is 30.3 Å². The molecule has 0 spiro atoms. The van der Waals surface area contributed by atoms with Crippen LogP contribution in [-0.4, -0.2) is 48.9 Å². The van der Waals surface area contributed by atoms with Crippen molar-refractivity contribution in [2.45, 2.75) is 18.3 Å². The minimum atomic E-state index is -0.960. The Balaban J connectivity index is 1.69. The molecule has 0 saturated carbocycles. The highest BCUT2D eigenvalue weighted by molar-refractivity contribution is 6.30. The molecule has 1 fully saturated rings. The fourth-order valence-electron chi connectivity index (χ4n) is 4.37. The molecule has 2 aliphatic heterocycles. The Morgan fingerprint density at radius 1 is 1.07 bits per heavy atom. The van der Waals surface area contributed by atoms with Crippen LogP contribution in [0, 0.1) is 0 Å². The minimum Gasteiger partial charge on any atom is -0.374 e. The molecule has 1 amide bonds. The van der Waals surface area contributed by atoms with Crippen LogP contribution in [0.1, 0.15) is 33.5 Å². The van der Waals surface area contributed by atoms with Crippen molar-refractivity contribution >= 4 is 17.5 Å². The van der Waals surface area contributed by atoms with E-state index in [1.165, 1.54) is 0 Å². The highest BCUT2D eigenvalue weighted by atomic mass is 35.5. The van der Waals surface area contributed by atoms with E-state index < -0.39 is 11.9 Å². The molecule has 3 aromatic heterocycles. The molecule has 5 rings (SSSR count). The smallest absolute Gasteiger partial charge is 0.257 e. The number of aliphatic hydroxyl groups is 1. The molecule has 2 atom stereocenters. The Bertz CT molecular complexity index is 1060. The number of aromatic nitrogens is 3. The monoisotopic (exact) mass is 407 g/mol. The van der Waals surface area contributed by atoms with E-state index >= 15 is 0 Å². The van der Waals surface area contributed by atoms with E-state index in [2.05, 4.69) is 15.0 Å². The van der Waals surface area contributed by atoms with Gasteiger partial charge in [-0.3, -0.25) is 19.7 Å². The number of nitrogens with zero attached hydrogens (tertiary/aromatic N) is 5. The number of hydrogen-bond donors (Lipinski definition) is 1. The first kappa shape index (κ1) is 18.2. The van der Waals surface area contributed by atoms with Gasteiger partial charge in [0.1, 0.15) is 11.9 Å². The van der Waals surface area contributed by atoms with Gasteiger partial charge in [0.25, 0.3) is 5.91 Å². The summed E-state index contributed by atoms with van der Waals surface area (Å²) in [6.45, 7) is 0.953. The number of hydrogen-bond acceptors (Lipinski definition) is 6. The summed E-state index contributed by atoms with van der Waals surface area (Å²) >= 11 is 6.07. The van der Waals surface area contributed by atoms with Gasteiger partial charge in [-0.1, -0.05) is 17.7 Å². The van der Waals surface area contributed by atoms with Crippen LogP contribution < -0.4 is 0 Å². The molecule has 7 nitrogen and oxygen atoms in total. The van der Waals surface area contributed by atoms with Crippen LogP contribution in [0.5, 0.6) is 0 Å². The predicted molar refractivity (Wildman–Crippen MR) is 106 cm³/mol. The Hall–Kier alpha value is -2.87. The van der Waals surface area contributed by atoms with Crippen LogP contribution in [0.25, 0.3) is 0 Å². The average molecular weight is 408 g/mol. The maximum Gasteiger partial charge on any atom is 0.257 e. The second-order valence-electron chi connectivity index (χ2n) is 7.16. The molecule has 0 aliphatic carbocycles. The number of rotatable bonds is 3. The second kappa shape index (κ2) is 6.88. The van der Waals surface area contributed by atoms with E-state index in [1.807, 2.05) is 17.0 Å². The number of pyridine rings is 3. The molecular formula is C21H18ClN5O2. The van der Waals surface area contributed by atoms with Crippen LogP contribution in [-0.2, 0) is 12.1 Å².